The SMILES string of the molecule is CC(C)(C)NC(=O)c1ccc(OCC2CCN(c3cccc4c3CN(C3CCC(=O)NC3=O)C4=O)CC2)cc1. The van der Waals surface area contributed by atoms with Gasteiger partial charge in [-0.25, -0.2) is 0 Å². The summed E-state index contributed by atoms with van der Waals surface area (Å²) in [5.74, 6) is 0.231. The summed E-state index contributed by atoms with van der Waals surface area (Å²) in [4.78, 5) is 53.4. The maximum Gasteiger partial charge on any atom is 0.255 e. The van der Waals surface area contributed by atoms with E-state index in [1.54, 1.807) is 17.0 Å². The molecule has 1 unspecified atom stereocenters. The van der Waals surface area contributed by atoms with Crippen molar-refractivity contribution >= 4 is 29.3 Å². The highest BCUT2D eigenvalue weighted by Crippen LogP contribution is 2.35. The Kier molecular flexibility index (Phi) is 7.34. The predicted molar refractivity (Wildman–Crippen MR) is 147 cm³/mol. The minimum Gasteiger partial charge on any atom is -0.493 e. The highest BCUT2D eigenvalue weighted by Gasteiger charge is 2.40. The standard InChI is InChI=1S/C30H36N4O5/c1-30(2,3)32-27(36)20-7-9-21(10-8-20)39-18-19-13-15-33(16-14-19)24-6-4-5-22-23(24)17-34(29(22)38)25-11-12-26(35)31-28(25)37/h4-10,19,25H,11-18H2,1-3H3,(H,32,36)(H,31,35,37). The summed E-state index contributed by atoms with van der Waals surface area (Å²) in [7, 11) is 0. The highest BCUT2D eigenvalue weighted by molar-refractivity contribution is 6.06. The van der Waals surface area contributed by atoms with Crippen LogP contribution in [0.25, 0.3) is 0 Å². The second-order valence-electron chi connectivity index (χ2n) is 11.7. The summed E-state index contributed by atoms with van der Waals surface area (Å²) >= 11 is 0. The number of imide groups is 1. The lowest BCUT2D eigenvalue weighted by molar-refractivity contribution is -0.136. The van der Waals surface area contributed by atoms with Gasteiger partial charge >= 0.3 is 0 Å². The van der Waals surface area contributed by atoms with Gasteiger partial charge in [-0.2, -0.15) is 0 Å². The van der Waals surface area contributed by atoms with E-state index >= 15 is 0 Å². The zero-order chi connectivity index (χ0) is 27.7. The molecule has 4 amide bonds. The fraction of sp³-hybridized carbons (Fsp3) is 0.467. The van der Waals surface area contributed by atoms with E-state index in [2.05, 4.69) is 15.5 Å². The Labute approximate surface area is 228 Å². The molecule has 1 atom stereocenters. The minimum absolute atomic E-state index is 0.101. The van der Waals surface area contributed by atoms with Crippen LogP contribution in [-0.2, 0) is 16.1 Å². The van der Waals surface area contributed by atoms with Crippen LogP contribution in [0.3, 0.4) is 0 Å². The van der Waals surface area contributed by atoms with E-state index in [0.29, 0.717) is 36.6 Å². The third-order valence-corrected chi connectivity index (χ3v) is 7.60. The monoisotopic (exact) mass is 532 g/mol. The molecule has 2 aromatic rings. The molecule has 2 N–H and O–H groups in total. The molecule has 39 heavy (non-hydrogen) atoms. The van der Waals surface area contributed by atoms with Crippen molar-refractivity contribution in [3.05, 3.63) is 59.2 Å². The Hall–Kier alpha value is -3.88. The van der Waals surface area contributed by atoms with Gasteiger partial charge in [-0.05, 0) is 82.3 Å². The molecule has 0 saturated carbocycles. The van der Waals surface area contributed by atoms with Gasteiger partial charge < -0.3 is 19.9 Å². The topological polar surface area (TPSA) is 108 Å². The van der Waals surface area contributed by atoms with Gasteiger partial charge in [0.1, 0.15) is 11.8 Å². The molecule has 5 rings (SSSR count). The summed E-state index contributed by atoms with van der Waals surface area (Å²) < 4.78 is 6.05. The number of nitrogens with one attached hydrogen (secondary N) is 2. The number of carbonyl (C=O) groups excluding carboxylic acids is 4. The van der Waals surface area contributed by atoms with Crippen molar-refractivity contribution in [1.82, 2.24) is 15.5 Å². The first-order valence-corrected chi connectivity index (χ1v) is 13.7. The van der Waals surface area contributed by atoms with Crippen molar-refractivity contribution in [2.75, 3.05) is 24.6 Å². The van der Waals surface area contributed by atoms with Crippen LogP contribution < -0.4 is 20.3 Å². The Morgan fingerprint density at radius 1 is 1.03 bits per heavy atom. The first-order chi connectivity index (χ1) is 18.6. The third-order valence-electron chi connectivity index (χ3n) is 7.60. The van der Waals surface area contributed by atoms with E-state index in [4.69, 9.17) is 4.74 Å². The number of ether oxygens (including phenoxy) is 1. The lowest BCUT2D eigenvalue weighted by Crippen LogP contribution is -2.52. The number of nitrogens with zero attached hydrogens (tertiary/aromatic N) is 2. The fourth-order valence-corrected chi connectivity index (χ4v) is 5.54. The van der Waals surface area contributed by atoms with E-state index in [-0.39, 0.29) is 29.7 Å². The Balaban J connectivity index is 1.15. The van der Waals surface area contributed by atoms with Gasteiger partial charge in [0.15, 0.2) is 0 Å². The van der Waals surface area contributed by atoms with Gasteiger partial charge in [-0.15, -0.1) is 0 Å². The molecule has 9 nitrogen and oxygen atoms in total. The molecule has 2 fully saturated rings. The molecule has 3 aliphatic rings. The number of amides is 4. The van der Waals surface area contributed by atoms with Crippen molar-refractivity contribution in [3.8, 4) is 5.75 Å². The average molecular weight is 533 g/mol. The Morgan fingerprint density at radius 3 is 2.41 bits per heavy atom. The van der Waals surface area contributed by atoms with Crippen LogP contribution in [0.5, 0.6) is 5.75 Å². The first-order valence-electron chi connectivity index (χ1n) is 13.7. The second kappa shape index (κ2) is 10.7. The van der Waals surface area contributed by atoms with Gasteiger partial charge in [0.2, 0.25) is 11.8 Å². The normalized spacial score (nSPS) is 20.1. The van der Waals surface area contributed by atoms with Gasteiger partial charge in [-0.1, -0.05) is 6.07 Å². The lowest BCUT2D eigenvalue weighted by Gasteiger charge is -2.35. The summed E-state index contributed by atoms with van der Waals surface area (Å²) in [6.07, 6.45) is 2.52. The predicted octanol–water partition coefficient (Wildman–Crippen LogP) is 3.27. The van der Waals surface area contributed by atoms with Gasteiger partial charge in [0.05, 0.1) is 6.61 Å². The van der Waals surface area contributed by atoms with Crippen LogP contribution in [0.15, 0.2) is 42.5 Å². The van der Waals surface area contributed by atoms with E-state index in [1.807, 2.05) is 51.1 Å². The molecule has 206 valence electrons. The molecule has 2 aromatic carbocycles. The number of carbonyl (C=O) groups is 4. The fourth-order valence-electron chi connectivity index (χ4n) is 5.54. The van der Waals surface area contributed by atoms with E-state index < -0.39 is 11.9 Å². The van der Waals surface area contributed by atoms with Crippen molar-refractivity contribution in [2.45, 2.75) is 64.6 Å². The summed E-state index contributed by atoms with van der Waals surface area (Å²) in [6.45, 7) is 8.54. The van der Waals surface area contributed by atoms with E-state index in [1.165, 1.54) is 0 Å². The van der Waals surface area contributed by atoms with Crippen LogP contribution in [0.2, 0.25) is 0 Å². The average Bonchev–Trinajstić information content (AvgIpc) is 3.23. The number of piperidine rings is 2. The molecule has 2 saturated heterocycles. The number of hydrogen-bond acceptors (Lipinski definition) is 6. The molecule has 0 spiro atoms. The quantitative estimate of drug-likeness (QED) is 0.553. The van der Waals surface area contributed by atoms with Crippen molar-refractivity contribution in [1.29, 1.82) is 0 Å². The van der Waals surface area contributed by atoms with Crippen LogP contribution in [0, 0.1) is 5.92 Å². The smallest absolute Gasteiger partial charge is 0.255 e. The molecule has 0 radical (unpaired) electrons. The van der Waals surface area contributed by atoms with Crippen LogP contribution >= 0.6 is 0 Å². The summed E-state index contributed by atoms with van der Waals surface area (Å²) in [5.41, 5.74) is 2.96. The van der Waals surface area contributed by atoms with Gasteiger partial charge in [-0.3, -0.25) is 24.5 Å². The van der Waals surface area contributed by atoms with Crippen molar-refractivity contribution < 1.29 is 23.9 Å². The first kappa shape index (κ1) is 26.7. The maximum atomic E-state index is 13.2. The largest absolute Gasteiger partial charge is 0.493 e. The molecule has 3 aliphatic heterocycles. The maximum absolute atomic E-state index is 13.2. The molecular weight excluding hydrogens is 496 g/mol. The number of benzene rings is 2. The van der Waals surface area contributed by atoms with Gasteiger partial charge in [0, 0.05) is 54.0 Å². The van der Waals surface area contributed by atoms with E-state index in [0.717, 1.165) is 42.9 Å². The molecule has 0 aromatic heterocycles. The van der Waals surface area contributed by atoms with Crippen molar-refractivity contribution in [2.24, 2.45) is 5.92 Å². The Morgan fingerprint density at radius 2 is 1.74 bits per heavy atom. The zero-order valence-corrected chi connectivity index (χ0v) is 22.8. The number of hydrogen-bond donors (Lipinski definition) is 2. The Bertz CT molecular complexity index is 1280. The molecule has 0 aliphatic carbocycles. The lowest BCUT2D eigenvalue weighted by atomic mass is 9.96. The van der Waals surface area contributed by atoms with Gasteiger partial charge in [0.25, 0.3) is 11.8 Å². The highest BCUT2D eigenvalue weighted by atomic mass is 16.5. The minimum atomic E-state index is -0.611. The van der Waals surface area contributed by atoms with E-state index in [9.17, 15) is 19.2 Å². The number of fused-ring (bicyclic) bond motifs is 1. The molecule has 3 heterocycles. The summed E-state index contributed by atoms with van der Waals surface area (Å²) in [5, 5.41) is 5.32. The van der Waals surface area contributed by atoms with Crippen LogP contribution in [0.4, 0.5) is 5.69 Å². The third kappa shape index (κ3) is 5.92. The molecule has 9 heteroatoms. The zero-order valence-electron chi connectivity index (χ0n) is 22.8. The van der Waals surface area contributed by atoms with Crippen LogP contribution in [0.1, 0.15) is 72.7 Å². The molecule has 0 bridgehead atoms. The van der Waals surface area contributed by atoms with Crippen LogP contribution in [-0.4, -0.2) is 59.8 Å². The summed E-state index contributed by atoms with van der Waals surface area (Å²) in [6, 6.07) is 12.4. The number of rotatable bonds is 6. The van der Waals surface area contributed by atoms with Crippen molar-refractivity contribution in [3.63, 3.8) is 0 Å². The number of anilines is 1. The second-order valence-corrected chi connectivity index (χ2v) is 11.7. The molecular formula is C30H36N4O5.